The summed E-state index contributed by atoms with van der Waals surface area (Å²) in [6, 6.07) is 5.50. The number of rotatable bonds is 5. The van der Waals surface area contributed by atoms with Gasteiger partial charge in [0.2, 0.25) is 0 Å². The van der Waals surface area contributed by atoms with Gasteiger partial charge in [-0.05, 0) is 30.7 Å². The number of carboxylic acids is 1. The van der Waals surface area contributed by atoms with E-state index < -0.39 is 11.8 Å². The highest BCUT2D eigenvalue weighted by molar-refractivity contribution is 7.99. The minimum absolute atomic E-state index is 0.0525. The molecule has 0 saturated heterocycles. The average Bonchev–Trinajstić information content (AvgIpc) is 2.42. The second-order valence-electron chi connectivity index (χ2n) is 4.15. The second-order valence-corrected chi connectivity index (χ2v) is 5.21. The number of benzene rings is 1. The molecule has 1 aromatic carbocycles. The number of aryl methyl sites for hydroxylation is 1. The Hall–Kier alpha value is -1.95. The van der Waals surface area contributed by atoms with Crippen molar-refractivity contribution in [2.24, 2.45) is 0 Å². The van der Waals surface area contributed by atoms with Crippen LogP contribution in [0, 0.1) is 5.82 Å². The zero-order chi connectivity index (χ0) is 14.5. The molecule has 0 radical (unpaired) electrons. The molecule has 0 unspecified atom stereocenters. The van der Waals surface area contributed by atoms with Gasteiger partial charge in [-0.25, -0.2) is 19.2 Å². The van der Waals surface area contributed by atoms with Crippen LogP contribution in [0.4, 0.5) is 4.39 Å². The molecular weight excluding hydrogens is 279 g/mol. The van der Waals surface area contributed by atoms with Gasteiger partial charge >= 0.3 is 5.97 Å². The summed E-state index contributed by atoms with van der Waals surface area (Å²) in [4.78, 5) is 19.3. The van der Waals surface area contributed by atoms with Gasteiger partial charge in [0.15, 0.2) is 0 Å². The standard InChI is InChI=1S/C14H13FN2O2S/c1-2-3-10-7-13(17-8-16-10)20-12-6-9(14(18)19)4-5-11(12)15/h4-8H,2-3H2,1H3,(H,18,19). The summed E-state index contributed by atoms with van der Waals surface area (Å²) in [5.74, 6) is -1.54. The van der Waals surface area contributed by atoms with E-state index in [-0.39, 0.29) is 10.5 Å². The molecule has 0 atom stereocenters. The van der Waals surface area contributed by atoms with Gasteiger partial charge in [0.1, 0.15) is 17.2 Å². The Morgan fingerprint density at radius 3 is 2.85 bits per heavy atom. The normalized spacial score (nSPS) is 10.5. The van der Waals surface area contributed by atoms with Crippen LogP contribution in [0.3, 0.4) is 0 Å². The highest BCUT2D eigenvalue weighted by atomic mass is 32.2. The van der Waals surface area contributed by atoms with Crippen LogP contribution >= 0.6 is 11.8 Å². The number of aromatic carboxylic acids is 1. The molecule has 2 aromatic rings. The minimum Gasteiger partial charge on any atom is -0.478 e. The first-order valence-electron chi connectivity index (χ1n) is 6.11. The molecular formula is C14H13FN2O2S. The fraction of sp³-hybridized carbons (Fsp3) is 0.214. The molecule has 0 fully saturated rings. The molecule has 0 saturated carbocycles. The third-order valence-corrected chi connectivity index (χ3v) is 3.56. The summed E-state index contributed by atoms with van der Waals surface area (Å²) < 4.78 is 13.7. The van der Waals surface area contributed by atoms with E-state index in [1.54, 1.807) is 6.07 Å². The van der Waals surface area contributed by atoms with Crippen LogP contribution in [-0.2, 0) is 6.42 Å². The Bertz CT molecular complexity index is 634. The van der Waals surface area contributed by atoms with Crippen LogP contribution in [0.5, 0.6) is 0 Å². The lowest BCUT2D eigenvalue weighted by atomic mass is 10.2. The third kappa shape index (κ3) is 3.54. The molecule has 1 heterocycles. The zero-order valence-electron chi connectivity index (χ0n) is 10.8. The highest BCUT2D eigenvalue weighted by Gasteiger charge is 2.10. The lowest BCUT2D eigenvalue weighted by Crippen LogP contribution is -1.97. The molecule has 1 N–H and O–H groups in total. The number of hydrogen-bond donors (Lipinski definition) is 1. The van der Waals surface area contributed by atoms with Crippen molar-refractivity contribution in [2.45, 2.75) is 29.7 Å². The molecule has 20 heavy (non-hydrogen) atoms. The lowest BCUT2D eigenvalue weighted by molar-refractivity contribution is 0.0696. The Kier molecular flexibility index (Phi) is 4.68. The molecule has 0 aliphatic heterocycles. The van der Waals surface area contributed by atoms with Crippen molar-refractivity contribution in [2.75, 3.05) is 0 Å². The molecule has 2 rings (SSSR count). The number of aromatic nitrogens is 2. The van der Waals surface area contributed by atoms with Crippen LogP contribution in [-0.4, -0.2) is 21.0 Å². The SMILES string of the molecule is CCCc1cc(Sc2cc(C(=O)O)ccc2F)ncn1. The van der Waals surface area contributed by atoms with Crippen LogP contribution in [0.1, 0.15) is 29.4 Å². The van der Waals surface area contributed by atoms with Crippen molar-refractivity contribution in [1.82, 2.24) is 9.97 Å². The number of carboxylic acid groups (broad SMARTS) is 1. The van der Waals surface area contributed by atoms with Gasteiger partial charge < -0.3 is 5.11 Å². The van der Waals surface area contributed by atoms with Crippen molar-refractivity contribution >= 4 is 17.7 Å². The van der Waals surface area contributed by atoms with Gasteiger partial charge in [0, 0.05) is 5.69 Å². The maximum Gasteiger partial charge on any atom is 0.335 e. The van der Waals surface area contributed by atoms with Gasteiger partial charge in [-0.15, -0.1) is 0 Å². The summed E-state index contributed by atoms with van der Waals surface area (Å²) in [6.45, 7) is 2.05. The Labute approximate surface area is 120 Å². The molecule has 6 heteroatoms. The van der Waals surface area contributed by atoms with E-state index >= 15 is 0 Å². The average molecular weight is 292 g/mol. The lowest BCUT2D eigenvalue weighted by Gasteiger charge is -2.05. The van der Waals surface area contributed by atoms with Gasteiger partial charge in [0.05, 0.1) is 10.5 Å². The smallest absolute Gasteiger partial charge is 0.335 e. The van der Waals surface area contributed by atoms with Crippen LogP contribution in [0.25, 0.3) is 0 Å². The summed E-state index contributed by atoms with van der Waals surface area (Å²) in [6.07, 6.45) is 3.23. The van der Waals surface area contributed by atoms with Crippen molar-refractivity contribution < 1.29 is 14.3 Å². The fourth-order valence-corrected chi connectivity index (χ4v) is 2.52. The number of carbonyl (C=O) groups is 1. The topological polar surface area (TPSA) is 63.1 Å². The van der Waals surface area contributed by atoms with Crippen molar-refractivity contribution in [1.29, 1.82) is 0 Å². The molecule has 104 valence electrons. The number of hydrogen-bond acceptors (Lipinski definition) is 4. The minimum atomic E-state index is -1.08. The summed E-state index contributed by atoms with van der Waals surface area (Å²) in [7, 11) is 0. The predicted octanol–water partition coefficient (Wildman–Crippen LogP) is 3.42. The van der Waals surface area contributed by atoms with E-state index in [0.29, 0.717) is 5.03 Å². The summed E-state index contributed by atoms with van der Waals surface area (Å²) in [5, 5.41) is 9.52. The van der Waals surface area contributed by atoms with Gasteiger partial charge in [-0.1, -0.05) is 25.1 Å². The number of nitrogens with zero attached hydrogens (tertiary/aromatic N) is 2. The Balaban J connectivity index is 2.27. The van der Waals surface area contributed by atoms with Crippen molar-refractivity contribution in [3.8, 4) is 0 Å². The first-order valence-corrected chi connectivity index (χ1v) is 6.93. The van der Waals surface area contributed by atoms with E-state index in [4.69, 9.17) is 5.11 Å². The zero-order valence-corrected chi connectivity index (χ0v) is 11.7. The van der Waals surface area contributed by atoms with Crippen molar-refractivity contribution in [3.63, 3.8) is 0 Å². The predicted molar refractivity (Wildman–Crippen MR) is 73.5 cm³/mol. The first-order chi connectivity index (χ1) is 9.60. The Morgan fingerprint density at radius 2 is 2.15 bits per heavy atom. The van der Waals surface area contributed by atoms with Gasteiger partial charge in [0.25, 0.3) is 0 Å². The summed E-state index contributed by atoms with van der Waals surface area (Å²) in [5.41, 5.74) is 0.941. The summed E-state index contributed by atoms with van der Waals surface area (Å²) >= 11 is 1.10. The molecule has 0 amide bonds. The Morgan fingerprint density at radius 1 is 1.35 bits per heavy atom. The van der Waals surface area contributed by atoms with Crippen LogP contribution < -0.4 is 0 Å². The molecule has 0 aliphatic carbocycles. The van der Waals surface area contributed by atoms with Gasteiger partial charge in [-0.2, -0.15) is 0 Å². The third-order valence-electron chi connectivity index (χ3n) is 2.60. The van der Waals surface area contributed by atoms with Gasteiger partial charge in [-0.3, -0.25) is 0 Å². The van der Waals surface area contributed by atoms with E-state index in [1.807, 2.05) is 6.92 Å². The molecule has 4 nitrogen and oxygen atoms in total. The fourth-order valence-electron chi connectivity index (χ4n) is 1.65. The van der Waals surface area contributed by atoms with Crippen LogP contribution in [0.15, 0.2) is 40.5 Å². The van der Waals surface area contributed by atoms with E-state index in [2.05, 4.69) is 9.97 Å². The molecule has 0 aliphatic rings. The monoisotopic (exact) mass is 292 g/mol. The maximum absolute atomic E-state index is 13.7. The van der Waals surface area contributed by atoms with E-state index in [1.165, 1.54) is 18.5 Å². The largest absolute Gasteiger partial charge is 0.478 e. The quantitative estimate of drug-likeness (QED) is 0.855. The molecule has 0 bridgehead atoms. The van der Waals surface area contributed by atoms with E-state index in [9.17, 15) is 9.18 Å². The maximum atomic E-state index is 13.7. The number of halogens is 1. The first kappa shape index (κ1) is 14.5. The van der Waals surface area contributed by atoms with Crippen molar-refractivity contribution in [3.05, 3.63) is 47.7 Å². The second kappa shape index (κ2) is 6.47. The highest BCUT2D eigenvalue weighted by Crippen LogP contribution is 2.29. The van der Waals surface area contributed by atoms with E-state index in [0.717, 1.165) is 36.4 Å². The molecule has 1 aromatic heterocycles. The molecule has 0 spiro atoms. The van der Waals surface area contributed by atoms with Crippen LogP contribution in [0.2, 0.25) is 0 Å².